The van der Waals surface area contributed by atoms with E-state index >= 15 is 0 Å². The minimum absolute atomic E-state index is 0.0112. The van der Waals surface area contributed by atoms with E-state index in [9.17, 15) is 13.6 Å². The Kier molecular flexibility index (Phi) is 4.08. The van der Waals surface area contributed by atoms with Gasteiger partial charge in [-0.15, -0.1) is 0 Å². The fraction of sp³-hybridized carbons (Fsp3) is 0.167. The molecule has 0 fully saturated rings. The van der Waals surface area contributed by atoms with Gasteiger partial charge in [-0.1, -0.05) is 5.16 Å². The van der Waals surface area contributed by atoms with E-state index < -0.39 is 11.6 Å². The maximum absolute atomic E-state index is 13.8. The van der Waals surface area contributed by atoms with E-state index in [1.807, 2.05) is 0 Å². The van der Waals surface area contributed by atoms with Gasteiger partial charge in [0, 0.05) is 18.2 Å². The maximum atomic E-state index is 13.8. The Hall–Kier alpha value is -3.29. The lowest BCUT2D eigenvalue weighted by molar-refractivity contribution is 0.0946. The van der Waals surface area contributed by atoms with Gasteiger partial charge >= 0.3 is 0 Å². The van der Waals surface area contributed by atoms with Gasteiger partial charge in [-0.05, 0) is 42.3 Å². The lowest BCUT2D eigenvalue weighted by atomic mass is 10.0. The Morgan fingerprint density at radius 1 is 1.15 bits per heavy atom. The van der Waals surface area contributed by atoms with Crippen LogP contribution in [0, 0.1) is 11.6 Å². The second-order valence-corrected chi connectivity index (χ2v) is 5.75. The normalized spacial score (nSPS) is 13.2. The zero-order chi connectivity index (χ0) is 18.1. The number of benzene rings is 2. The van der Waals surface area contributed by atoms with E-state index in [1.165, 1.54) is 6.07 Å². The van der Waals surface area contributed by atoms with Crippen molar-refractivity contribution in [3.8, 4) is 17.2 Å². The lowest BCUT2D eigenvalue weighted by Crippen LogP contribution is -2.31. The van der Waals surface area contributed by atoms with Gasteiger partial charge in [-0.2, -0.15) is 4.98 Å². The van der Waals surface area contributed by atoms with E-state index in [0.29, 0.717) is 17.9 Å². The Morgan fingerprint density at radius 3 is 2.85 bits per heavy atom. The molecule has 1 N–H and O–H groups in total. The van der Waals surface area contributed by atoms with E-state index in [-0.39, 0.29) is 29.8 Å². The highest BCUT2D eigenvalue weighted by atomic mass is 19.1. The summed E-state index contributed by atoms with van der Waals surface area (Å²) in [5.74, 6) is -0.827. The first-order valence-corrected chi connectivity index (χ1v) is 7.92. The molecule has 1 amide bonds. The van der Waals surface area contributed by atoms with E-state index in [1.54, 1.807) is 18.2 Å². The van der Waals surface area contributed by atoms with Crippen LogP contribution in [0.3, 0.4) is 0 Å². The second kappa shape index (κ2) is 6.55. The van der Waals surface area contributed by atoms with Crippen LogP contribution in [0.5, 0.6) is 5.75 Å². The number of rotatable bonds is 4. The zero-order valence-electron chi connectivity index (χ0n) is 13.5. The van der Waals surface area contributed by atoms with Gasteiger partial charge in [0.05, 0.1) is 5.56 Å². The van der Waals surface area contributed by atoms with Crippen LogP contribution >= 0.6 is 0 Å². The number of hydrogen-bond donors (Lipinski definition) is 1. The predicted molar refractivity (Wildman–Crippen MR) is 86.5 cm³/mol. The SMILES string of the molecule is O=C1NCCc2cc(OCc3noc(-c4ccc(F)cc4F)n3)ccc21. The molecule has 4 rings (SSSR count). The average molecular weight is 357 g/mol. The van der Waals surface area contributed by atoms with Gasteiger partial charge in [-0.25, -0.2) is 8.78 Å². The molecule has 0 aliphatic carbocycles. The highest BCUT2D eigenvalue weighted by Crippen LogP contribution is 2.23. The monoisotopic (exact) mass is 357 g/mol. The average Bonchev–Trinajstić information content (AvgIpc) is 3.09. The summed E-state index contributed by atoms with van der Waals surface area (Å²) in [5, 5.41) is 6.51. The lowest BCUT2D eigenvalue weighted by Gasteiger charge is -2.17. The summed E-state index contributed by atoms with van der Waals surface area (Å²) in [7, 11) is 0. The molecule has 1 aliphatic rings. The molecule has 0 atom stereocenters. The largest absolute Gasteiger partial charge is 0.485 e. The van der Waals surface area contributed by atoms with Gasteiger partial charge in [0.15, 0.2) is 6.61 Å². The molecule has 26 heavy (non-hydrogen) atoms. The standard InChI is InChI=1S/C18H13F2N3O3/c19-11-1-3-14(15(20)8-11)18-22-16(23-26-18)9-25-12-2-4-13-10(7-12)5-6-21-17(13)24/h1-4,7-8H,5-6,9H2,(H,21,24). The van der Waals surface area contributed by atoms with Crippen molar-refractivity contribution in [2.75, 3.05) is 6.54 Å². The fourth-order valence-electron chi connectivity index (χ4n) is 2.73. The second-order valence-electron chi connectivity index (χ2n) is 5.75. The van der Waals surface area contributed by atoms with E-state index in [4.69, 9.17) is 9.26 Å². The van der Waals surface area contributed by atoms with Crippen molar-refractivity contribution in [3.63, 3.8) is 0 Å². The fourth-order valence-corrected chi connectivity index (χ4v) is 2.73. The van der Waals surface area contributed by atoms with Crippen LogP contribution in [-0.2, 0) is 13.0 Å². The van der Waals surface area contributed by atoms with Crippen LogP contribution in [0.2, 0.25) is 0 Å². The van der Waals surface area contributed by atoms with Crippen molar-refractivity contribution in [1.82, 2.24) is 15.5 Å². The Bertz CT molecular complexity index is 988. The summed E-state index contributed by atoms with van der Waals surface area (Å²) in [6.45, 7) is 0.601. The topological polar surface area (TPSA) is 77.2 Å². The number of halogens is 2. The number of aromatic nitrogens is 2. The minimum Gasteiger partial charge on any atom is -0.485 e. The summed E-state index contributed by atoms with van der Waals surface area (Å²) < 4.78 is 37.4. The predicted octanol–water partition coefficient (Wildman–Crippen LogP) is 2.88. The highest BCUT2D eigenvalue weighted by molar-refractivity contribution is 5.96. The number of hydrogen-bond acceptors (Lipinski definition) is 5. The van der Waals surface area contributed by atoms with Gasteiger partial charge in [-0.3, -0.25) is 4.79 Å². The molecule has 1 aromatic heterocycles. The number of carbonyl (C=O) groups excluding carboxylic acids is 1. The first-order chi connectivity index (χ1) is 12.6. The van der Waals surface area contributed by atoms with Crippen LogP contribution in [0.25, 0.3) is 11.5 Å². The molecule has 1 aliphatic heterocycles. The minimum atomic E-state index is -0.783. The summed E-state index contributed by atoms with van der Waals surface area (Å²) >= 11 is 0. The van der Waals surface area contributed by atoms with Crippen LogP contribution in [0.15, 0.2) is 40.9 Å². The maximum Gasteiger partial charge on any atom is 0.261 e. The molecule has 2 aromatic carbocycles. The van der Waals surface area contributed by atoms with Crippen LogP contribution in [0.1, 0.15) is 21.7 Å². The Morgan fingerprint density at radius 2 is 2.00 bits per heavy atom. The van der Waals surface area contributed by atoms with E-state index in [0.717, 1.165) is 24.1 Å². The number of fused-ring (bicyclic) bond motifs is 1. The molecule has 0 radical (unpaired) electrons. The van der Waals surface area contributed by atoms with Gasteiger partial charge < -0.3 is 14.6 Å². The van der Waals surface area contributed by atoms with Crippen molar-refractivity contribution in [2.24, 2.45) is 0 Å². The van der Waals surface area contributed by atoms with Crippen molar-refractivity contribution in [1.29, 1.82) is 0 Å². The zero-order valence-corrected chi connectivity index (χ0v) is 13.5. The molecule has 3 aromatic rings. The van der Waals surface area contributed by atoms with Gasteiger partial charge in [0.2, 0.25) is 5.82 Å². The molecule has 132 valence electrons. The first-order valence-electron chi connectivity index (χ1n) is 7.92. The van der Waals surface area contributed by atoms with Crippen LogP contribution in [0.4, 0.5) is 8.78 Å². The van der Waals surface area contributed by atoms with E-state index in [2.05, 4.69) is 15.5 Å². The van der Waals surface area contributed by atoms with Crippen molar-refractivity contribution >= 4 is 5.91 Å². The summed E-state index contributed by atoms with van der Waals surface area (Å²) in [6, 6.07) is 8.28. The molecule has 0 spiro atoms. The highest BCUT2D eigenvalue weighted by Gasteiger charge is 2.18. The molecule has 2 heterocycles. The third-order valence-electron chi connectivity index (χ3n) is 4.00. The summed E-state index contributed by atoms with van der Waals surface area (Å²) in [5.41, 5.74) is 1.57. The van der Waals surface area contributed by atoms with Crippen LogP contribution < -0.4 is 10.1 Å². The van der Waals surface area contributed by atoms with Crippen molar-refractivity contribution in [2.45, 2.75) is 13.0 Å². The third kappa shape index (κ3) is 3.13. The molecule has 6 nitrogen and oxygen atoms in total. The first kappa shape index (κ1) is 16.2. The quantitative estimate of drug-likeness (QED) is 0.777. The molecule has 0 saturated carbocycles. The number of carbonyl (C=O) groups is 1. The Labute approximate surface area is 146 Å². The number of amides is 1. The molecular weight excluding hydrogens is 344 g/mol. The van der Waals surface area contributed by atoms with Gasteiger partial charge in [0.1, 0.15) is 17.4 Å². The number of nitrogens with one attached hydrogen (secondary N) is 1. The number of nitrogens with zero attached hydrogens (tertiary/aromatic N) is 2. The molecule has 8 heteroatoms. The van der Waals surface area contributed by atoms with Crippen molar-refractivity contribution < 1.29 is 22.8 Å². The smallest absolute Gasteiger partial charge is 0.261 e. The summed E-state index contributed by atoms with van der Waals surface area (Å²) in [4.78, 5) is 15.8. The molecule has 0 saturated heterocycles. The Balaban J connectivity index is 1.47. The van der Waals surface area contributed by atoms with Crippen LogP contribution in [-0.4, -0.2) is 22.6 Å². The molecular formula is C18H13F2N3O3. The molecule has 0 bridgehead atoms. The summed E-state index contributed by atoms with van der Waals surface area (Å²) in [6.07, 6.45) is 0.731. The number of ether oxygens (including phenoxy) is 1. The third-order valence-corrected chi connectivity index (χ3v) is 4.00. The van der Waals surface area contributed by atoms with Gasteiger partial charge in [0.25, 0.3) is 11.8 Å². The molecule has 0 unspecified atom stereocenters. The van der Waals surface area contributed by atoms with Crippen molar-refractivity contribution in [3.05, 3.63) is 65.0 Å².